The molecule has 0 aliphatic rings. The van der Waals surface area contributed by atoms with E-state index in [4.69, 9.17) is 5.11 Å². The van der Waals surface area contributed by atoms with E-state index < -0.39 is 0 Å². The van der Waals surface area contributed by atoms with Crippen molar-refractivity contribution in [1.82, 2.24) is 10.3 Å². The number of nitrogens with zero attached hydrogens (tertiary/aromatic N) is 1. The zero-order valence-electron chi connectivity index (χ0n) is 11.6. The fraction of sp³-hybridized carbons (Fsp3) is 0.467. The maximum absolute atomic E-state index is 12.0. The van der Waals surface area contributed by atoms with Crippen molar-refractivity contribution in [3.8, 4) is 11.8 Å². The van der Waals surface area contributed by atoms with E-state index in [-0.39, 0.29) is 18.6 Å². The Morgan fingerprint density at radius 3 is 2.74 bits per heavy atom. The standard InChI is InChI=1S/C15H20N2O2/c1-4-11(2)12(3)17-15(19)14-8-7-13(10-16-14)6-5-9-18/h7-8,10-12,18H,4,9H2,1-3H3,(H,17,19). The van der Waals surface area contributed by atoms with Crippen LogP contribution in [0.3, 0.4) is 0 Å². The minimum atomic E-state index is -0.186. The summed E-state index contributed by atoms with van der Waals surface area (Å²) in [5, 5.41) is 11.5. The van der Waals surface area contributed by atoms with Crippen LogP contribution < -0.4 is 5.32 Å². The Balaban J connectivity index is 2.68. The second kappa shape index (κ2) is 7.55. The zero-order valence-corrected chi connectivity index (χ0v) is 11.6. The predicted octanol–water partition coefficient (Wildman–Crippen LogP) is 1.59. The molecule has 2 atom stereocenters. The number of aromatic nitrogens is 1. The van der Waals surface area contributed by atoms with Gasteiger partial charge >= 0.3 is 0 Å². The van der Waals surface area contributed by atoms with Gasteiger partial charge in [-0.25, -0.2) is 4.98 Å². The van der Waals surface area contributed by atoms with Crippen LogP contribution in [0.25, 0.3) is 0 Å². The van der Waals surface area contributed by atoms with Crippen LogP contribution in [0.1, 0.15) is 43.2 Å². The van der Waals surface area contributed by atoms with E-state index in [1.807, 2.05) is 6.92 Å². The van der Waals surface area contributed by atoms with Crippen molar-refractivity contribution in [3.63, 3.8) is 0 Å². The van der Waals surface area contributed by atoms with Crippen molar-refractivity contribution in [2.75, 3.05) is 6.61 Å². The Hall–Kier alpha value is -1.86. The van der Waals surface area contributed by atoms with E-state index in [0.29, 0.717) is 17.2 Å². The molecule has 0 aliphatic carbocycles. The van der Waals surface area contributed by atoms with Gasteiger partial charge in [0.1, 0.15) is 12.3 Å². The van der Waals surface area contributed by atoms with E-state index >= 15 is 0 Å². The number of carbonyl (C=O) groups excluding carboxylic acids is 1. The largest absolute Gasteiger partial charge is 0.384 e. The Labute approximate surface area is 114 Å². The van der Waals surface area contributed by atoms with Gasteiger partial charge in [-0.15, -0.1) is 0 Å². The number of pyridine rings is 1. The molecule has 0 aliphatic heterocycles. The molecule has 4 heteroatoms. The van der Waals surface area contributed by atoms with Gasteiger partial charge in [-0.05, 0) is 25.0 Å². The highest BCUT2D eigenvalue weighted by molar-refractivity contribution is 5.92. The van der Waals surface area contributed by atoms with Crippen LogP contribution in [0.4, 0.5) is 0 Å². The van der Waals surface area contributed by atoms with Crippen LogP contribution in [-0.2, 0) is 0 Å². The Morgan fingerprint density at radius 2 is 2.21 bits per heavy atom. The zero-order chi connectivity index (χ0) is 14.3. The minimum Gasteiger partial charge on any atom is -0.384 e. The highest BCUT2D eigenvalue weighted by Gasteiger charge is 2.14. The number of nitrogens with one attached hydrogen (secondary N) is 1. The topological polar surface area (TPSA) is 62.2 Å². The predicted molar refractivity (Wildman–Crippen MR) is 74.6 cm³/mol. The molecule has 2 unspecified atom stereocenters. The molecule has 0 spiro atoms. The summed E-state index contributed by atoms with van der Waals surface area (Å²) in [4.78, 5) is 16.0. The number of hydrogen-bond donors (Lipinski definition) is 2. The fourth-order valence-electron chi connectivity index (χ4n) is 1.52. The second-order valence-corrected chi connectivity index (χ2v) is 4.54. The first-order valence-electron chi connectivity index (χ1n) is 6.45. The Morgan fingerprint density at radius 1 is 1.47 bits per heavy atom. The molecule has 0 aromatic carbocycles. The monoisotopic (exact) mass is 260 g/mol. The summed E-state index contributed by atoms with van der Waals surface area (Å²) in [6.45, 7) is 6.01. The minimum absolute atomic E-state index is 0.119. The molecular weight excluding hydrogens is 240 g/mol. The third kappa shape index (κ3) is 4.72. The number of rotatable bonds is 4. The number of aliphatic hydroxyl groups excluding tert-OH is 1. The van der Waals surface area contributed by atoms with Crippen LogP contribution in [0.2, 0.25) is 0 Å². The van der Waals surface area contributed by atoms with Gasteiger partial charge in [0, 0.05) is 17.8 Å². The van der Waals surface area contributed by atoms with Gasteiger partial charge in [-0.2, -0.15) is 0 Å². The summed E-state index contributed by atoms with van der Waals surface area (Å²) in [5.74, 6) is 5.52. The normalized spacial score (nSPS) is 13.1. The summed E-state index contributed by atoms with van der Waals surface area (Å²) in [6, 6.07) is 3.48. The third-order valence-electron chi connectivity index (χ3n) is 3.16. The highest BCUT2D eigenvalue weighted by atomic mass is 16.2. The van der Waals surface area contributed by atoms with Crippen LogP contribution in [0.15, 0.2) is 18.3 Å². The molecule has 2 N–H and O–H groups in total. The van der Waals surface area contributed by atoms with Crippen LogP contribution in [0, 0.1) is 17.8 Å². The third-order valence-corrected chi connectivity index (χ3v) is 3.16. The van der Waals surface area contributed by atoms with Crippen molar-refractivity contribution >= 4 is 5.91 Å². The van der Waals surface area contributed by atoms with Crippen molar-refractivity contribution < 1.29 is 9.90 Å². The Kier molecular flexibility index (Phi) is 6.04. The maximum Gasteiger partial charge on any atom is 0.270 e. The molecule has 1 aromatic rings. The van der Waals surface area contributed by atoms with Gasteiger partial charge in [0.05, 0.1) is 0 Å². The fourth-order valence-corrected chi connectivity index (χ4v) is 1.52. The quantitative estimate of drug-likeness (QED) is 0.808. The van der Waals surface area contributed by atoms with E-state index in [2.05, 4.69) is 36.0 Å². The van der Waals surface area contributed by atoms with Crippen LogP contribution >= 0.6 is 0 Å². The highest BCUT2D eigenvalue weighted by Crippen LogP contribution is 2.07. The summed E-state index contributed by atoms with van der Waals surface area (Å²) >= 11 is 0. The average Bonchev–Trinajstić information content (AvgIpc) is 2.44. The summed E-state index contributed by atoms with van der Waals surface area (Å²) in [5.41, 5.74) is 1.06. The maximum atomic E-state index is 12.0. The van der Waals surface area contributed by atoms with E-state index in [1.54, 1.807) is 12.1 Å². The van der Waals surface area contributed by atoms with E-state index in [9.17, 15) is 4.79 Å². The number of amides is 1. The van der Waals surface area contributed by atoms with Crippen LogP contribution in [-0.4, -0.2) is 28.6 Å². The number of aliphatic hydroxyl groups is 1. The lowest BCUT2D eigenvalue weighted by Crippen LogP contribution is -2.37. The van der Waals surface area contributed by atoms with E-state index in [1.165, 1.54) is 6.20 Å². The molecule has 0 saturated heterocycles. The van der Waals surface area contributed by atoms with Crippen molar-refractivity contribution in [2.45, 2.75) is 33.2 Å². The Bertz CT molecular complexity index is 471. The molecule has 0 saturated carbocycles. The van der Waals surface area contributed by atoms with E-state index in [0.717, 1.165) is 6.42 Å². The molecular formula is C15H20N2O2. The summed E-state index contributed by atoms with van der Waals surface area (Å²) in [6.07, 6.45) is 2.55. The molecule has 0 radical (unpaired) electrons. The van der Waals surface area contributed by atoms with Crippen molar-refractivity contribution in [2.24, 2.45) is 5.92 Å². The van der Waals surface area contributed by atoms with Crippen LogP contribution in [0.5, 0.6) is 0 Å². The first-order chi connectivity index (χ1) is 9.08. The first-order valence-corrected chi connectivity index (χ1v) is 6.45. The van der Waals surface area contributed by atoms with Gasteiger partial charge in [-0.3, -0.25) is 4.79 Å². The molecule has 1 heterocycles. The SMILES string of the molecule is CCC(C)C(C)NC(=O)c1ccc(C#CCO)cn1. The smallest absolute Gasteiger partial charge is 0.270 e. The van der Waals surface area contributed by atoms with Gasteiger partial charge in [0.25, 0.3) is 5.91 Å². The van der Waals surface area contributed by atoms with Gasteiger partial charge in [-0.1, -0.05) is 32.1 Å². The molecule has 102 valence electrons. The summed E-state index contributed by atoms with van der Waals surface area (Å²) in [7, 11) is 0. The molecule has 0 fully saturated rings. The molecule has 1 amide bonds. The lowest BCUT2D eigenvalue weighted by Gasteiger charge is -2.19. The molecule has 1 rings (SSSR count). The lowest BCUT2D eigenvalue weighted by atomic mass is 10.0. The van der Waals surface area contributed by atoms with Crippen molar-refractivity contribution in [1.29, 1.82) is 0 Å². The van der Waals surface area contributed by atoms with Gasteiger partial charge in [0.2, 0.25) is 0 Å². The number of hydrogen-bond acceptors (Lipinski definition) is 3. The van der Waals surface area contributed by atoms with Crippen molar-refractivity contribution in [3.05, 3.63) is 29.6 Å². The first kappa shape index (κ1) is 15.2. The summed E-state index contributed by atoms with van der Waals surface area (Å²) < 4.78 is 0. The van der Waals surface area contributed by atoms with Gasteiger partial charge in [0.15, 0.2) is 0 Å². The molecule has 19 heavy (non-hydrogen) atoms. The molecule has 1 aromatic heterocycles. The average molecular weight is 260 g/mol. The molecule has 4 nitrogen and oxygen atoms in total. The molecule has 0 bridgehead atoms. The number of carbonyl (C=O) groups is 1. The lowest BCUT2D eigenvalue weighted by molar-refractivity contribution is 0.0923. The van der Waals surface area contributed by atoms with Gasteiger partial charge < -0.3 is 10.4 Å². The second-order valence-electron chi connectivity index (χ2n) is 4.54.